The van der Waals surface area contributed by atoms with E-state index in [1.54, 1.807) is 11.3 Å². The SMILES string of the molecule is c1ccc(-c2cccc(-c3nc(-c4cccc5c4sc4ccccc45)nc(-c4cccc5sc6cccc(-c7ccccc7)c6c45)n3)c2)cc1. The van der Waals surface area contributed by atoms with E-state index in [0.717, 1.165) is 27.8 Å². The third kappa shape index (κ3) is 4.82. The first-order valence-corrected chi connectivity index (χ1v) is 18.2. The Morgan fingerprint density at radius 2 is 0.840 bits per heavy atom. The van der Waals surface area contributed by atoms with Crippen molar-refractivity contribution in [3.05, 3.63) is 164 Å². The van der Waals surface area contributed by atoms with Crippen molar-refractivity contribution < 1.29 is 0 Å². The minimum atomic E-state index is 0.653. The molecule has 50 heavy (non-hydrogen) atoms. The van der Waals surface area contributed by atoms with Crippen LogP contribution in [0.3, 0.4) is 0 Å². The fourth-order valence-corrected chi connectivity index (χ4v) is 9.42. The first-order valence-electron chi connectivity index (χ1n) is 16.6. The lowest BCUT2D eigenvalue weighted by Gasteiger charge is -2.12. The molecule has 3 aromatic heterocycles. The van der Waals surface area contributed by atoms with E-state index in [1.165, 1.54) is 51.5 Å². The number of nitrogens with zero attached hydrogens (tertiary/aromatic N) is 3. The Kier molecular flexibility index (Phi) is 6.86. The molecular weight excluding hydrogens is 647 g/mol. The number of hydrogen-bond donors (Lipinski definition) is 0. The highest BCUT2D eigenvalue weighted by atomic mass is 32.1. The van der Waals surface area contributed by atoms with Crippen LogP contribution in [0.25, 0.3) is 96.8 Å². The summed E-state index contributed by atoms with van der Waals surface area (Å²) >= 11 is 3.61. The zero-order valence-corrected chi connectivity index (χ0v) is 28.4. The summed E-state index contributed by atoms with van der Waals surface area (Å²) in [5, 5.41) is 4.88. The highest BCUT2D eigenvalue weighted by molar-refractivity contribution is 7.26. The minimum absolute atomic E-state index is 0.653. The summed E-state index contributed by atoms with van der Waals surface area (Å²) in [6, 6.07) is 57.8. The average Bonchev–Trinajstić information content (AvgIpc) is 3.77. The van der Waals surface area contributed by atoms with Crippen molar-refractivity contribution in [1.29, 1.82) is 0 Å². The van der Waals surface area contributed by atoms with Gasteiger partial charge in [-0.3, -0.25) is 0 Å². The highest BCUT2D eigenvalue weighted by Crippen LogP contribution is 2.45. The van der Waals surface area contributed by atoms with Crippen LogP contribution in [0.2, 0.25) is 0 Å². The van der Waals surface area contributed by atoms with Gasteiger partial charge in [0.25, 0.3) is 0 Å². The lowest BCUT2D eigenvalue weighted by Crippen LogP contribution is -2.00. The van der Waals surface area contributed by atoms with E-state index in [1.807, 2.05) is 17.4 Å². The maximum Gasteiger partial charge on any atom is 0.165 e. The zero-order chi connectivity index (χ0) is 33.0. The van der Waals surface area contributed by atoms with Crippen LogP contribution in [0.1, 0.15) is 0 Å². The molecule has 0 amide bonds. The fraction of sp³-hybridized carbons (Fsp3) is 0. The Morgan fingerprint density at radius 3 is 1.64 bits per heavy atom. The zero-order valence-electron chi connectivity index (χ0n) is 26.7. The van der Waals surface area contributed by atoms with E-state index in [9.17, 15) is 0 Å². The fourth-order valence-electron chi connectivity index (χ4n) is 7.05. The molecule has 0 unspecified atom stereocenters. The summed E-state index contributed by atoms with van der Waals surface area (Å²) in [5.74, 6) is 1.99. The van der Waals surface area contributed by atoms with E-state index < -0.39 is 0 Å². The van der Waals surface area contributed by atoms with Crippen molar-refractivity contribution in [2.45, 2.75) is 0 Å². The molecule has 0 N–H and O–H groups in total. The van der Waals surface area contributed by atoms with E-state index in [-0.39, 0.29) is 0 Å². The van der Waals surface area contributed by atoms with Gasteiger partial charge in [-0.2, -0.15) is 0 Å². The standard InChI is InChI=1S/C45H27N3S2/c1-3-13-28(14-4-1)30-17-9-18-31(27-30)43-46-44(48-45(47-43)36-23-10-21-34-33-19-7-8-24-37(33)50-42(34)36)35-22-12-26-39-41(35)40-32(20-11-25-38(40)49-39)29-15-5-2-6-16-29/h1-27H. The number of thiophene rings is 2. The number of benzene rings is 7. The Bertz CT molecular complexity index is 2870. The van der Waals surface area contributed by atoms with Gasteiger partial charge in [0, 0.05) is 57.0 Å². The van der Waals surface area contributed by atoms with Gasteiger partial charge >= 0.3 is 0 Å². The number of rotatable bonds is 5. The Balaban J connectivity index is 1.26. The molecule has 10 rings (SSSR count). The maximum atomic E-state index is 5.33. The summed E-state index contributed by atoms with van der Waals surface area (Å²) in [6.07, 6.45) is 0. The van der Waals surface area contributed by atoms with Crippen LogP contribution in [-0.2, 0) is 0 Å². The molecule has 0 saturated heterocycles. The maximum absolute atomic E-state index is 5.33. The second-order valence-corrected chi connectivity index (χ2v) is 14.5. The second-order valence-electron chi connectivity index (χ2n) is 12.4. The Morgan fingerprint density at radius 1 is 0.320 bits per heavy atom. The Hall–Kier alpha value is -6.01. The lowest BCUT2D eigenvalue weighted by molar-refractivity contribution is 1.08. The summed E-state index contributed by atoms with van der Waals surface area (Å²) in [4.78, 5) is 15.8. The van der Waals surface area contributed by atoms with Gasteiger partial charge in [-0.15, -0.1) is 22.7 Å². The normalized spacial score (nSPS) is 11.6. The largest absolute Gasteiger partial charge is 0.208 e. The lowest BCUT2D eigenvalue weighted by atomic mass is 9.97. The molecule has 0 aliphatic carbocycles. The van der Waals surface area contributed by atoms with Gasteiger partial charge in [0.15, 0.2) is 17.5 Å². The summed E-state index contributed by atoms with van der Waals surface area (Å²) in [7, 11) is 0. The minimum Gasteiger partial charge on any atom is -0.208 e. The first-order chi connectivity index (χ1) is 24.8. The molecule has 0 aliphatic rings. The number of aromatic nitrogens is 3. The Labute approximate surface area is 296 Å². The topological polar surface area (TPSA) is 38.7 Å². The van der Waals surface area contributed by atoms with E-state index >= 15 is 0 Å². The van der Waals surface area contributed by atoms with Crippen molar-refractivity contribution >= 4 is 63.0 Å². The molecule has 234 valence electrons. The summed E-state index contributed by atoms with van der Waals surface area (Å²) in [5.41, 5.74) is 7.65. The quantitative estimate of drug-likeness (QED) is 0.182. The molecule has 0 fully saturated rings. The van der Waals surface area contributed by atoms with Gasteiger partial charge in [0.1, 0.15) is 0 Å². The van der Waals surface area contributed by atoms with Crippen molar-refractivity contribution in [2.24, 2.45) is 0 Å². The molecule has 7 aromatic carbocycles. The molecule has 10 aromatic rings. The van der Waals surface area contributed by atoms with E-state index in [0.29, 0.717) is 17.5 Å². The van der Waals surface area contributed by atoms with Crippen LogP contribution >= 0.6 is 22.7 Å². The molecule has 0 saturated carbocycles. The average molecular weight is 674 g/mol. The van der Waals surface area contributed by atoms with Crippen LogP contribution in [-0.4, -0.2) is 15.0 Å². The number of hydrogen-bond acceptors (Lipinski definition) is 5. The predicted molar refractivity (Wildman–Crippen MR) is 213 cm³/mol. The van der Waals surface area contributed by atoms with Crippen molar-refractivity contribution in [2.75, 3.05) is 0 Å². The molecule has 0 atom stereocenters. The molecule has 5 heteroatoms. The van der Waals surface area contributed by atoms with Crippen molar-refractivity contribution in [3.8, 4) is 56.4 Å². The summed E-state index contributed by atoms with van der Waals surface area (Å²) in [6.45, 7) is 0. The van der Waals surface area contributed by atoms with Crippen LogP contribution in [0.4, 0.5) is 0 Å². The van der Waals surface area contributed by atoms with Crippen molar-refractivity contribution in [3.63, 3.8) is 0 Å². The van der Waals surface area contributed by atoms with Gasteiger partial charge in [-0.1, -0.05) is 133 Å². The van der Waals surface area contributed by atoms with Crippen LogP contribution in [0, 0.1) is 0 Å². The first kappa shape index (κ1) is 29.0. The predicted octanol–water partition coefficient (Wildman–Crippen LogP) is 12.9. The molecule has 3 heterocycles. The van der Waals surface area contributed by atoms with E-state index in [4.69, 9.17) is 15.0 Å². The monoisotopic (exact) mass is 673 g/mol. The van der Waals surface area contributed by atoms with Crippen LogP contribution in [0.15, 0.2) is 164 Å². The van der Waals surface area contributed by atoms with Crippen LogP contribution < -0.4 is 0 Å². The smallest absolute Gasteiger partial charge is 0.165 e. The highest BCUT2D eigenvalue weighted by Gasteiger charge is 2.20. The van der Waals surface area contributed by atoms with Gasteiger partial charge in [0.2, 0.25) is 0 Å². The number of fused-ring (bicyclic) bond motifs is 6. The molecular formula is C45H27N3S2. The second kappa shape index (κ2) is 11.8. The summed E-state index contributed by atoms with van der Waals surface area (Å²) < 4.78 is 4.89. The molecule has 0 bridgehead atoms. The third-order valence-electron chi connectivity index (χ3n) is 9.36. The van der Waals surface area contributed by atoms with Gasteiger partial charge in [0.05, 0.1) is 0 Å². The van der Waals surface area contributed by atoms with Gasteiger partial charge < -0.3 is 0 Å². The molecule has 0 radical (unpaired) electrons. The molecule has 3 nitrogen and oxygen atoms in total. The van der Waals surface area contributed by atoms with Gasteiger partial charge in [-0.25, -0.2) is 15.0 Å². The molecule has 0 spiro atoms. The van der Waals surface area contributed by atoms with Crippen molar-refractivity contribution in [1.82, 2.24) is 15.0 Å². The van der Waals surface area contributed by atoms with Gasteiger partial charge in [-0.05, 0) is 52.6 Å². The van der Waals surface area contributed by atoms with E-state index in [2.05, 4.69) is 158 Å². The molecule has 0 aliphatic heterocycles. The van der Waals surface area contributed by atoms with Crippen LogP contribution in [0.5, 0.6) is 0 Å². The third-order valence-corrected chi connectivity index (χ3v) is 11.7.